The lowest BCUT2D eigenvalue weighted by Crippen LogP contribution is -2.30. The van der Waals surface area contributed by atoms with Gasteiger partial charge >= 0.3 is 0 Å². The average Bonchev–Trinajstić information content (AvgIpc) is 3.56. The summed E-state index contributed by atoms with van der Waals surface area (Å²) in [4.78, 5) is 33.6. The number of hydrogen-bond acceptors (Lipinski definition) is 7. The van der Waals surface area contributed by atoms with E-state index in [1.165, 1.54) is 28.7 Å². The van der Waals surface area contributed by atoms with E-state index < -0.39 is 5.60 Å². The van der Waals surface area contributed by atoms with Crippen LogP contribution >= 0.6 is 11.3 Å². The van der Waals surface area contributed by atoms with Gasteiger partial charge in [-0.1, -0.05) is 6.07 Å². The van der Waals surface area contributed by atoms with Crippen LogP contribution in [0.2, 0.25) is 0 Å². The SMILES string of the molecule is CN(C(=O)c1cccc(C#N)c1)c1ccc2c(c1)nc(NC(=O)c1ccc(/C(C=[NH2+])=C/N)s1)n2CCC(C)(C)O. The lowest BCUT2D eigenvalue weighted by molar-refractivity contribution is -0.103. The third-order valence-corrected chi connectivity index (χ3v) is 7.44. The van der Waals surface area contributed by atoms with Crippen molar-refractivity contribution in [3.8, 4) is 6.07 Å². The number of imidazole rings is 1. The van der Waals surface area contributed by atoms with E-state index in [4.69, 9.17) is 11.1 Å². The molecule has 4 aromatic rings. The maximum Gasteiger partial charge on any atom is 0.268 e. The van der Waals surface area contributed by atoms with Gasteiger partial charge in [-0.25, -0.2) is 4.98 Å². The van der Waals surface area contributed by atoms with Crippen LogP contribution in [0, 0.1) is 11.3 Å². The van der Waals surface area contributed by atoms with Crippen molar-refractivity contribution in [2.24, 2.45) is 5.73 Å². The van der Waals surface area contributed by atoms with Gasteiger partial charge in [0.05, 0.1) is 38.7 Å². The predicted octanol–water partition coefficient (Wildman–Crippen LogP) is 2.79. The van der Waals surface area contributed by atoms with E-state index in [-0.39, 0.29) is 11.8 Å². The quantitative estimate of drug-likeness (QED) is 0.232. The van der Waals surface area contributed by atoms with E-state index >= 15 is 0 Å². The zero-order valence-corrected chi connectivity index (χ0v) is 23.2. The van der Waals surface area contributed by atoms with Gasteiger partial charge in [0.25, 0.3) is 11.8 Å². The molecule has 0 spiro atoms. The predicted molar refractivity (Wildman–Crippen MR) is 157 cm³/mol. The Morgan fingerprint density at radius 1 is 1.23 bits per heavy atom. The number of amides is 2. The molecule has 6 N–H and O–H groups in total. The Labute approximate surface area is 235 Å². The Morgan fingerprint density at radius 2 is 1.98 bits per heavy atom. The molecule has 0 radical (unpaired) electrons. The van der Waals surface area contributed by atoms with Crippen LogP contribution in [0.15, 0.2) is 60.8 Å². The van der Waals surface area contributed by atoms with E-state index in [1.54, 1.807) is 69.4 Å². The molecule has 2 amide bonds. The van der Waals surface area contributed by atoms with Crippen LogP contribution in [0.4, 0.5) is 11.6 Å². The molecule has 11 heteroatoms. The molecule has 0 saturated carbocycles. The van der Waals surface area contributed by atoms with Gasteiger partial charge in [0, 0.05) is 35.9 Å². The number of aliphatic hydroxyl groups is 1. The number of benzene rings is 2. The summed E-state index contributed by atoms with van der Waals surface area (Å²) in [5, 5.41) is 28.0. The Morgan fingerprint density at radius 3 is 2.65 bits per heavy atom. The number of fused-ring (bicyclic) bond motifs is 1. The fourth-order valence-corrected chi connectivity index (χ4v) is 4.97. The lowest BCUT2D eigenvalue weighted by atomic mass is 10.1. The van der Waals surface area contributed by atoms with Crippen LogP contribution in [-0.4, -0.2) is 45.3 Å². The van der Waals surface area contributed by atoms with Gasteiger partial charge in [0.2, 0.25) is 5.95 Å². The Hall–Kier alpha value is -4.79. The second kappa shape index (κ2) is 11.5. The minimum absolute atomic E-state index is 0.277. The Balaban J connectivity index is 1.67. The van der Waals surface area contributed by atoms with Crippen molar-refractivity contribution in [3.63, 3.8) is 0 Å². The van der Waals surface area contributed by atoms with Gasteiger partial charge in [0.1, 0.15) is 0 Å². The number of nitrogens with zero attached hydrogens (tertiary/aromatic N) is 4. The summed E-state index contributed by atoms with van der Waals surface area (Å²) in [5.41, 5.74) is 7.97. The molecule has 0 atom stereocenters. The lowest BCUT2D eigenvalue weighted by Gasteiger charge is -2.19. The fourth-order valence-electron chi connectivity index (χ4n) is 4.06. The highest BCUT2D eigenvalue weighted by atomic mass is 32.1. The molecule has 0 bridgehead atoms. The summed E-state index contributed by atoms with van der Waals surface area (Å²) in [7, 11) is 1.65. The van der Waals surface area contributed by atoms with Crippen molar-refractivity contribution in [2.45, 2.75) is 32.4 Å². The number of nitrogens with two attached hydrogens (primary N) is 2. The summed E-state index contributed by atoms with van der Waals surface area (Å²) < 4.78 is 1.83. The smallest absolute Gasteiger partial charge is 0.268 e. The first-order chi connectivity index (χ1) is 19.0. The summed E-state index contributed by atoms with van der Waals surface area (Å²) >= 11 is 1.25. The number of nitrogens with one attached hydrogen (secondary N) is 1. The van der Waals surface area contributed by atoms with Crippen LogP contribution in [0.1, 0.15) is 50.7 Å². The van der Waals surface area contributed by atoms with Crippen LogP contribution in [0.25, 0.3) is 16.6 Å². The summed E-state index contributed by atoms with van der Waals surface area (Å²) in [6.45, 7) is 3.83. The first-order valence-corrected chi connectivity index (χ1v) is 13.3. The number of allylic oxidation sites excluding steroid dienone is 1. The third kappa shape index (κ3) is 6.09. The molecule has 10 nitrogen and oxygen atoms in total. The third-order valence-electron chi connectivity index (χ3n) is 6.31. The average molecular weight is 557 g/mol. The molecule has 0 saturated heterocycles. The van der Waals surface area contributed by atoms with Gasteiger partial charge < -0.3 is 20.3 Å². The molecular formula is C29H30N7O3S+. The zero-order valence-electron chi connectivity index (χ0n) is 22.4. The van der Waals surface area contributed by atoms with Crippen molar-refractivity contribution < 1.29 is 20.1 Å². The minimum Gasteiger partial charge on any atom is -0.404 e. The number of carbonyl (C=O) groups is 2. The molecule has 0 unspecified atom stereocenters. The maximum absolute atomic E-state index is 13.2. The number of carbonyl (C=O) groups excluding carboxylic acids is 2. The fraction of sp³-hybridized carbons (Fsp3) is 0.207. The van der Waals surface area contributed by atoms with Crippen LogP contribution in [-0.2, 0) is 6.54 Å². The maximum atomic E-state index is 13.2. The number of thiophene rings is 1. The normalized spacial score (nSPS) is 11.7. The molecule has 2 aromatic carbocycles. The topological polar surface area (TPSA) is 163 Å². The second-order valence-corrected chi connectivity index (χ2v) is 10.9. The molecule has 2 heterocycles. The highest BCUT2D eigenvalue weighted by molar-refractivity contribution is 7.15. The highest BCUT2D eigenvalue weighted by Crippen LogP contribution is 2.28. The number of aromatic nitrogens is 2. The number of nitriles is 1. The van der Waals surface area contributed by atoms with E-state index in [2.05, 4.69) is 10.3 Å². The second-order valence-electron chi connectivity index (χ2n) is 9.79. The largest absolute Gasteiger partial charge is 0.404 e. The van der Waals surface area contributed by atoms with Gasteiger partial charge in [0.15, 0.2) is 6.21 Å². The molecule has 2 aromatic heterocycles. The highest BCUT2D eigenvalue weighted by Gasteiger charge is 2.21. The van der Waals surface area contributed by atoms with E-state index in [0.29, 0.717) is 51.7 Å². The zero-order chi connectivity index (χ0) is 29.0. The standard InChI is InChI=1S/C29H29N7O3S/c1-29(2,39)11-12-36-23-8-7-21(35(3)27(38)19-6-4-5-18(13-19)15-30)14-22(23)33-28(36)34-26(37)25-10-9-24(40-25)20(16-31)17-32/h4-10,13-14,16-17,31,39H,11-12,32H2,1-3H3,(H,33,34,37)/p+1/b20-17+,31-16?. The minimum atomic E-state index is -0.936. The molecule has 204 valence electrons. The first kappa shape index (κ1) is 28.2. The molecule has 0 aliphatic carbocycles. The molecule has 0 aliphatic rings. The van der Waals surface area contributed by atoms with Gasteiger partial charge in [-0.2, -0.15) is 5.26 Å². The number of anilines is 2. The Kier molecular flexibility index (Phi) is 8.13. The van der Waals surface area contributed by atoms with Crippen molar-refractivity contribution in [2.75, 3.05) is 17.3 Å². The van der Waals surface area contributed by atoms with E-state index in [9.17, 15) is 20.0 Å². The summed E-state index contributed by atoms with van der Waals surface area (Å²) in [6.07, 6.45) is 3.17. The Bertz CT molecular complexity index is 1670. The molecule has 40 heavy (non-hydrogen) atoms. The van der Waals surface area contributed by atoms with Crippen LogP contribution in [0.5, 0.6) is 0 Å². The molecular weight excluding hydrogens is 526 g/mol. The monoisotopic (exact) mass is 556 g/mol. The van der Waals surface area contributed by atoms with Gasteiger partial charge in [-0.05, 0) is 68.8 Å². The van der Waals surface area contributed by atoms with Crippen molar-refractivity contribution in [3.05, 3.63) is 81.7 Å². The van der Waals surface area contributed by atoms with E-state index in [0.717, 1.165) is 10.4 Å². The van der Waals surface area contributed by atoms with Crippen molar-refractivity contribution in [1.82, 2.24) is 9.55 Å². The van der Waals surface area contributed by atoms with Crippen LogP contribution in [0.3, 0.4) is 0 Å². The van der Waals surface area contributed by atoms with Crippen molar-refractivity contribution in [1.29, 1.82) is 5.26 Å². The van der Waals surface area contributed by atoms with Gasteiger partial charge in [-0.15, -0.1) is 11.3 Å². The summed E-state index contributed by atoms with van der Waals surface area (Å²) in [5.74, 6) is -0.318. The number of hydrogen-bond donors (Lipinski definition) is 4. The molecule has 4 rings (SSSR count). The number of aryl methyl sites for hydroxylation is 1. The number of rotatable bonds is 9. The van der Waals surface area contributed by atoms with Gasteiger partial charge in [-0.3, -0.25) is 20.3 Å². The van der Waals surface area contributed by atoms with E-state index in [1.807, 2.05) is 16.7 Å². The molecule has 0 aliphatic heterocycles. The van der Waals surface area contributed by atoms with Crippen LogP contribution < -0.4 is 21.4 Å². The molecule has 0 fully saturated rings. The first-order valence-electron chi connectivity index (χ1n) is 12.4. The summed E-state index contributed by atoms with van der Waals surface area (Å²) in [6, 6.07) is 17.4. The van der Waals surface area contributed by atoms with Crippen molar-refractivity contribution >= 4 is 57.6 Å².